The average molecular weight is 274 g/mol. The molecule has 1 aromatic rings. The lowest BCUT2D eigenvalue weighted by molar-refractivity contribution is 0.105. The third kappa shape index (κ3) is 4.26. The summed E-state index contributed by atoms with van der Waals surface area (Å²) in [5.74, 6) is 0. The van der Waals surface area contributed by atoms with Gasteiger partial charge in [-0.2, -0.15) is 0 Å². The Morgan fingerprint density at radius 3 is 2.39 bits per heavy atom. The lowest BCUT2D eigenvalue weighted by Crippen LogP contribution is -2.24. The van der Waals surface area contributed by atoms with Crippen LogP contribution in [0.2, 0.25) is 0 Å². The molecule has 0 heterocycles. The largest absolute Gasteiger partial charge is 0.394 e. The highest BCUT2D eigenvalue weighted by Crippen LogP contribution is 2.13. The van der Waals surface area contributed by atoms with Crippen LogP contribution in [0.3, 0.4) is 0 Å². The van der Waals surface area contributed by atoms with Crippen molar-refractivity contribution < 1.29 is 18.6 Å². The normalized spacial score (nSPS) is 13.3. The summed E-state index contributed by atoms with van der Waals surface area (Å²) >= 11 is 0. The smallest absolute Gasteiger partial charge is 0.240 e. The van der Waals surface area contributed by atoms with E-state index in [-0.39, 0.29) is 18.0 Å². The molecule has 1 atom stereocenters. The number of hydrogen-bond donors (Lipinski definition) is 4. The molecular formula is C11H18N2O4S. The van der Waals surface area contributed by atoms with Crippen molar-refractivity contribution in [3.8, 4) is 0 Å². The molecule has 0 radical (unpaired) electrons. The minimum absolute atomic E-state index is 0.192. The van der Waals surface area contributed by atoms with Crippen molar-refractivity contribution in [2.75, 3.05) is 25.0 Å². The number of benzene rings is 1. The zero-order valence-corrected chi connectivity index (χ0v) is 10.9. The number of aliphatic hydroxyl groups excluding tert-OH is 2. The Labute approximate surface area is 107 Å². The molecule has 0 saturated heterocycles. The van der Waals surface area contributed by atoms with Gasteiger partial charge in [0.25, 0.3) is 0 Å². The SMILES string of the molecule is CCNS(=O)(=O)c1ccc(NCC(O)CO)cc1. The van der Waals surface area contributed by atoms with Gasteiger partial charge in [-0.3, -0.25) is 0 Å². The Morgan fingerprint density at radius 1 is 1.28 bits per heavy atom. The fourth-order valence-electron chi connectivity index (χ4n) is 1.33. The Hall–Kier alpha value is -1.15. The molecule has 4 N–H and O–H groups in total. The van der Waals surface area contributed by atoms with E-state index in [4.69, 9.17) is 10.2 Å². The van der Waals surface area contributed by atoms with E-state index in [2.05, 4.69) is 10.0 Å². The molecule has 0 aliphatic rings. The second-order valence-electron chi connectivity index (χ2n) is 3.74. The monoisotopic (exact) mass is 274 g/mol. The molecule has 0 saturated carbocycles. The fourth-order valence-corrected chi connectivity index (χ4v) is 2.37. The van der Waals surface area contributed by atoms with Gasteiger partial charge in [0.2, 0.25) is 10.0 Å². The quantitative estimate of drug-likeness (QED) is 0.549. The van der Waals surface area contributed by atoms with Gasteiger partial charge >= 0.3 is 0 Å². The zero-order valence-electron chi connectivity index (χ0n) is 10.1. The number of sulfonamides is 1. The molecule has 0 aliphatic heterocycles. The van der Waals surface area contributed by atoms with Crippen molar-refractivity contribution in [2.45, 2.75) is 17.9 Å². The first kappa shape index (κ1) is 14.9. The maximum Gasteiger partial charge on any atom is 0.240 e. The topological polar surface area (TPSA) is 98.7 Å². The molecule has 0 aliphatic carbocycles. The molecule has 7 heteroatoms. The number of nitrogens with one attached hydrogen (secondary N) is 2. The first-order chi connectivity index (χ1) is 8.49. The second-order valence-corrected chi connectivity index (χ2v) is 5.51. The second kappa shape index (κ2) is 6.69. The molecule has 18 heavy (non-hydrogen) atoms. The third-order valence-electron chi connectivity index (χ3n) is 2.25. The van der Waals surface area contributed by atoms with Crippen LogP contribution in [0.4, 0.5) is 5.69 Å². The van der Waals surface area contributed by atoms with Crippen LogP contribution in [0.5, 0.6) is 0 Å². The van der Waals surface area contributed by atoms with Crippen LogP contribution in [0.15, 0.2) is 29.2 Å². The Balaban J connectivity index is 2.68. The highest BCUT2D eigenvalue weighted by molar-refractivity contribution is 7.89. The van der Waals surface area contributed by atoms with Gasteiger partial charge in [0.1, 0.15) is 0 Å². The van der Waals surface area contributed by atoms with Crippen LogP contribution < -0.4 is 10.0 Å². The Morgan fingerprint density at radius 2 is 1.89 bits per heavy atom. The first-order valence-electron chi connectivity index (χ1n) is 5.62. The van der Waals surface area contributed by atoms with Crippen LogP contribution in [0.1, 0.15) is 6.92 Å². The van der Waals surface area contributed by atoms with E-state index in [1.807, 2.05) is 0 Å². The summed E-state index contributed by atoms with van der Waals surface area (Å²) < 4.78 is 25.7. The summed E-state index contributed by atoms with van der Waals surface area (Å²) in [6, 6.07) is 6.17. The standard InChI is InChI=1S/C11H18N2O4S/c1-2-13-18(16,17)11-5-3-9(4-6-11)12-7-10(15)8-14/h3-6,10,12-15H,2,7-8H2,1H3. The van der Waals surface area contributed by atoms with Gasteiger partial charge in [-0.05, 0) is 24.3 Å². The molecule has 1 rings (SSSR count). The van der Waals surface area contributed by atoms with Crippen molar-refractivity contribution >= 4 is 15.7 Å². The van der Waals surface area contributed by atoms with Crippen molar-refractivity contribution in [1.82, 2.24) is 4.72 Å². The van der Waals surface area contributed by atoms with Gasteiger partial charge in [0, 0.05) is 18.8 Å². The summed E-state index contributed by atoms with van der Waals surface area (Å²) in [6.45, 7) is 1.93. The van der Waals surface area contributed by atoms with Crippen molar-refractivity contribution in [1.29, 1.82) is 0 Å². The molecule has 102 valence electrons. The van der Waals surface area contributed by atoms with E-state index < -0.39 is 16.1 Å². The maximum atomic E-state index is 11.7. The van der Waals surface area contributed by atoms with E-state index in [0.717, 1.165) is 0 Å². The van der Waals surface area contributed by atoms with E-state index in [1.165, 1.54) is 12.1 Å². The van der Waals surface area contributed by atoms with Crippen LogP contribution in [0, 0.1) is 0 Å². The van der Waals surface area contributed by atoms with Gasteiger partial charge in [0.05, 0.1) is 17.6 Å². The number of hydrogen-bond acceptors (Lipinski definition) is 5. The molecule has 0 fully saturated rings. The molecule has 0 bridgehead atoms. The van der Waals surface area contributed by atoms with Crippen molar-refractivity contribution in [2.24, 2.45) is 0 Å². The van der Waals surface area contributed by atoms with Crippen molar-refractivity contribution in [3.63, 3.8) is 0 Å². The predicted octanol–water partition coefficient (Wildman–Crippen LogP) is -0.250. The summed E-state index contributed by atoms with van der Waals surface area (Å²) in [7, 11) is -3.43. The van der Waals surface area contributed by atoms with E-state index in [0.29, 0.717) is 12.2 Å². The maximum absolute atomic E-state index is 11.7. The molecule has 0 spiro atoms. The molecule has 0 amide bonds. The average Bonchev–Trinajstić information content (AvgIpc) is 2.36. The fraction of sp³-hybridized carbons (Fsp3) is 0.455. The van der Waals surface area contributed by atoms with Crippen LogP contribution in [-0.4, -0.2) is 44.4 Å². The van der Waals surface area contributed by atoms with Gasteiger partial charge in [0.15, 0.2) is 0 Å². The molecule has 6 nitrogen and oxygen atoms in total. The molecule has 0 aromatic heterocycles. The summed E-state index contributed by atoms with van der Waals surface area (Å²) in [5.41, 5.74) is 0.679. The summed E-state index contributed by atoms with van der Waals surface area (Å²) in [5, 5.41) is 20.7. The highest BCUT2D eigenvalue weighted by atomic mass is 32.2. The number of anilines is 1. The first-order valence-corrected chi connectivity index (χ1v) is 7.10. The van der Waals surface area contributed by atoms with E-state index >= 15 is 0 Å². The van der Waals surface area contributed by atoms with E-state index in [9.17, 15) is 8.42 Å². The van der Waals surface area contributed by atoms with E-state index in [1.54, 1.807) is 19.1 Å². The molecule has 1 aromatic carbocycles. The minimum atomic E-state index is -3.43. The van der Waals surface area contributed by atoms with Crippen molar-refractivity contribution in [3.05, 3.63) is 24.3 Å². The van der Waals surface area contributed by atoms with Crippen LogP contribution in [-0.2, 0) is 10.0 Å². The van der Waals surface area contributed by atoms with Gasteiger partial charge in [-0.25, -0.2) is 13.1 Å². The predicted molar refractivity (Wildman–Crippen MR) is 68.9 cm³/mol. The van der Waals surface area contributed by atoms with Gasteiger partial charge < -0.3 is 15.5 Å². The van der Waals surface area contributed by atoms with Crippen LogP contribution >= 0.6 is 0 Å². The lowest BCUT2D eigenvalue weighted by atomic mass is 10.3. The van der Waals surface area contributed by atoms with Gasteiger partial charge in [-0.1, -0.05) is 6.92 Å². The lowest BCUT2D eigenvalue weighted by Gasteiger charge is -2.11. The number of aliphatic hydroxyl groups is 2. The zero-order chi connectivity index (χ0) is 13.6. The Kier molecular flexibility index (Phi) is 5.54. The number of rotatable bonds is 7. The summed E-state index contributed by atoms with van der Waals surface area (Å²) in [6.07, 6.45) is -0.838. The highest BCUT2D eigenvalue weighted by Gasteiger charge is 2.11. The summed E-state index contributed by atoms with van der Waals surface area (Å²) in [4.78, 5) is 0.192. The van der Waals surface area contributed by atoms with Crippen LogP contribution in [0.25, 0.3) is 0 Å². The third-order valence-corrected chi connectivity index (χ3v) is 3.81. The minimum Gasteiger partial charge on any atom is -0.394 e. The molecule has 1 unspecified atom stereocenters. The Bertz CT molecular complexity index is 458. The molecular weight excluding hydrogens is 256 g/mol. The van der Waals surface area contributed by atoms with Gasteiger partial charge in [-0.15, -0.1) is 0 Å².